The molecule has 0 aliphatic heterocycles. The van der Waals surface area contributed by atoms with E-state index in [4.69, 9.17) is 4.74 Å². The summed E-state index contributed by atoms with van der Waals surface area (Å²) < 4.78 is 6.98. The van der Waals surface area contributed by atoms with Crippen LogP contribution in [0.1, 0.15) is 17.4 Å². The maximum Gasteiger partial charge on any atom is 0.118 e. The number of para-hydroxylation sites is 1. The van der Waals surface area contributed by atoms with Crippen molar-refractivity contribution in [2.45, 2.75) is 12.5 Å². The largest absolute Gasteiger partial charge is 0.497 e. The third kappa shape index (κ3) is 2.62. The molecule has 0 aliphatic rings. The molecule has 0 fully saturated rings. The Balaban J connectivity index is 1.87. The smallest absolute Gasteiger partial charge is 0.118 e. The first kappa shape index (κ1) is 13.6. The number of aliphatic hydroxyl groups excluding tert-OH is 1. The quantitative estimate of drug-likeness (QED) is 0.800. The molecule has 1 N–H and O–H groups in total. The van der Waals surface area contributed by atoms with Crippen LogP contribution in [0.25, 0.3) is 10.9 Å². The zero-order valence-corrected chi connectivity index (χ0v) is 12.2. The van der Waals surface area contributed by atoms with E-state index in [1.807, 2.05) is 60.3 Å². The molecule has 1 heterocycles. The van der Waals surface area contributed by atoms with Crippen molar-refractivity contribution >= 4 is 10.9 Å². The Labute approximate surface area is 123 Å². The molecule has 1 atom stereocenters. The van der Waals surface area contributed by atoms with E-state index in [-0.39, 0.29) is 0 Å². The van der Waals surface area contributed by atoms with Crippen molar-refractivity contribution in [2.75, 3.05) is 7.11 Å². The van der Waals surface area contributed by atoms with Crippen LogP contribution in [0.15, 0.2) is 48.5 Å². The van der Waals surface area contributed by atoms with Crippen LogP contribution >= 0.6 is 0 Å². The summed E-state index contributed by atoms with van der Waals surface area (Å²) in [5.41, 5.74) is 2.86. The fraction of sp³-hybridized carbons (Fsp3) is 0.235. The first-order valence-electron chi connectivity index (χ1n) is 6.91. The van der Waals surface area contributed by atoms with Gasteiger partial charge in [0.2, 0.25) is 0 Å². The zero-order valence-electron chi connectivity index (χ0n) is 12.2. The highest BCUT2D eigenvalue weighted by atomic mass is 16.5. The molecule has 4 heteroatoms. The predicted octanol–water partition coefficient (Wildman–Crippen LogP) is 2.86. The number of hydrogen-bond acceptors (Lipinski definition) is 3. The summed E-state index contributed by atoms with van der Waals surface area (Å²) >= 11 is 0. The Bertz CT molecular complexity index is 747. The van der Waals surface area contributed by atoms with Gasteiger partial charge in [-0.1, -0.05) is 30.3 Å². The molecule has 0 spiro atoms. The van der Waals surface area contributed by atoms with E-state index < -0.39 is 6.10 Å². The minimum Gasteiger partial charge on any atom is -0.497 e. The van der Waals surface area contributed by atoms with Gasteiger partial charge in [0.15, 0.2) is 0 Å². The van der Waals surface area contributed by atoms with Crippen molar-refractivity contribution in [2.24, 2.45) is 7.05 Å². The summed E-state index contributed by atoms with van der Waals surface area (Å²) in [4.78, 5) is 0. The van der Waals surface area contributed by atoms with Gasteiger partial charge in [0.05, 0.1) is 24.4 Å². The number of rotatable bonds is 4. The molecule has 0 saturated carbocycles. The van der Waals surface area contributed by atoms with Gasteiger partial charge in [-0.3, -0.25) is 4.68 Å². The SMILES string of the molecule is COc1ccc(C(O)Cc2nn(C)c3ccccc23)cc1. The maximum atomic E-state index is 10.4. The average molecular weight is 282 g/mol. The number of fused-ring (bicyclic) bond motifs is 1. The lowest BCUT2D eigenvalue weighted by Crippen LogP contribution is -2.03. The van der Waals surface area contributed by atoms with Crippen molar-refractivity contribution in [1.29, 1.82) is 0 Å². The van der Waals surface area contributed by atoms with Crippen LogP contribution in [-0.4, -0.2) is 22.0 Å². The summed E-state index contributed by atoms with van der Waals surface area (Å²) in [6, 6.07) is 15.5. The Morgan fingerprint density at radius 2 is 1.86 bits per heavy atom. The number of benzene rings is 2. The lowest BCUT2D eigenvalue weighted by atomic mass is 10.0. The average Bonchev–Trinajstić information content (AvgIpc) is 2.84. The summed E-state index contributed by atoms with van der Waals surface area (Å²) in [6.45, 7) is 0. The van der Waals surface area contributed by atoms with Gasteiger partial charge in [0.1, 0.15) is 5.75 Å². The Kier molecular flexibility index (Phi) is 3.62. The highest BCUT2D eigenvalue weighted by molar-refractivity contribution is 5.81. The minimum absolute atomic E-state index is 0.494. The molecule has 4 nitrogen and oxygen atoms in total. The molecule has 0 aliphatic carbocycles. The number of methoxy groups -OCH3 is 1. The molecule has 2 aromatic carbocycles. The van der Waals surface area contributed by atoms with E-state index in [1.165, 1.54) is 0 Å². The van der Waals surface area contributed by atoms with Crippen LogP contribution in [-0.2, 0) is 13.5 Å². The van der Waals surface area contributed by atoms with Gasteiger partial charge in [0, 0.05) is 18.9 Å². The molecule has 108 valence electrons. The molecule has 21 heavy (non-hydrogen) atoms. The van der Waals surface area contributed by atoms with Gasteiger partial charge in [-0.15, -0.1) is 0 Å². The molecule has 1 aromatic heterocycles. The van der Waals surface area contributed by atoms with Crippen molar-refractivity contribution in [1.82, 2.24) is 9.78 Å². The highest BCUT2D eigenvalue weighted by Gasteiger charge is 2.14. The van der Waals surface area contributed by atoms with E-state index in [0.717, 1.165) is 27.9 Å². The van der Waals surface area contributed by atoms with Crippen molar-refractivity contribution in [3.8, 4) is 5.75 Å². The Morgan fingerprint density at radius 1 is 1.14 bits per heavy atom. The molecule has 3 rings (SSSR count). The number of aromatic nitrogens is 2. The van der Waals surface area contributed by atoms with Gasteiger partial charge in [-0.2, -0.15) is 5.10 Å². The van der Waals surface area contributed by atoms with Gasteiger partial charge >= 0.3 is 0 Å². The standard InChI is InChI=1S/C17H18N2O2/c1-19-16-6-4-3-5-14(16)15(18-19)11-17(20)12-7-9-13(21-2)10-8-12/h3-10,17,20H,11H2,1-2H3. The van der Waals surface area contributed by atoms with Gasteiger partial charge in [-0.05, 0) is 23.8 Å². The summed E-state index contributed by atoms with van der Waals surface area (Å²) in [7, 11) is 3.55. The van der Waals surface area contributed by atoms with Gasteiger partial charge in [-0.25, -0.2) is 0 Å². The lowest BCUT2D eigenvalue weighted by Gasteiger charge is -2.10. The molecular formula is C17H18N2O2. The van der Waals surface area contributed by atoms with E-state index in [1.54, 1.807) is 7.11 Å². The fourth-order valence-electron chi connectivity index (χ4n) is 2.57. The van der Waals surface area contributed by atoms with Crippen LogP contribution in [0, 0.1) is 0 Å². The molecule has 0 amide bonds. The van der Waals surface area contributed by atoms with E-state index in [0.29, 0.717) is 6.42 Å². The van der Waals surface area contributed by atoms with Crippen molar-refractivity contribution in [3.63, 3.8) is 0 Å². The number of hydrogen-bond donors (Lipinski definition) is 1. The van der Waals surface area contributed by atoms with Crippen molar-refractivity contribution < 1.29 is 9.84 Å². The highest BCUT2D eigenvalue weighted by Crippen LogP contribution is 2.24. The predicted molar refractivity (Wildman–Crippen MR) is 82.4 cm³/mol. The van der Waals surface area contributed by atoms with Crippen LogP contribution in [0.4, 0.5) is 0 Å². The maximum absolute atomic E-state index is 10.4. The van der Waals surface area contributed by atoms with Crippen LogP contribution in [0.5, 0.6) is 5.75 Å². The summed E-state index contributed by atoms with van der Waals surface area (Å²) in [5.74, 6) is 0.786. The third-order valence-corrected chi connectivity index (χ3v) is 3.72. The second-order valence-electron chi connectivity index (χ2n) is 5.08. The van der Waals surface area contributed by atoms with Gasteiger partial charge < -0.3 is 9.84 Å². The summed E-state index contributed by atoms with van der Waals surface area (Å²) in [6.07, 6.45) is -0.0811. The van der Waals surface area contributed by atoms with E-state index in [2.05, 4.69) is 5.10 Å². The number of nitrogens with zero attached hydrogens (tertiary/aromatic N) is 2. The first-order valence-corrected chi connectivity index (χ1v) is 6.91. The lowest BCUT2D eigenvalue weighted by molar-refractivity contribution is 0.177. The molecule has 0 radical (unpaired) electrons. The van der Waals surface area contributed by atoms with Crippen LogP contribution in [0.2, 0.25) is 0 Å². The second-order valence-corrected chi connectivity index (χ2v) is 5.08. The number of aliphatic hydroxyl groups is 1. The Morgan fingerprint density at radius 3 is 2.57 bits per heavy atom. The molecule has 0 bridgehead atoms. The minimum atomic E-state index is -0.575. The van der Waals surface area contributed by atoms with Crippen LogP contribution < -0.4 is 4.74 Å². The fourth-order valence-corrected chi connectivity index (χ4v) is 2.57. The zero-order chi connectivity index (χ0) is 14.8. The van der Waals surface area contributed by atoms with E-state index >= 15 is 0 Å². The molecular weight excluding hydrogens is 264 g/mol. The van der Waals surface area contributed by atoms with Crippen LogP contribution in [0.3, 0.4) is 0 Å². The number of ether oxygens (including phenoxy) is 1. The molecule has 1 unspecified atom stereocenters. The van der Waals surface area contributed by atoms with Gasteiger partial charge in [0.25, 0.3) is 0 Å². The second kappa shape index (κ2) is 5.58. The van der Waals surface area contributed by atoms with E-state index in [9.17, 15) is 5.11 Å². The number of aryl methyl sites for hydroxylation is 1. The summed E-state index contributed by atoms with van der Waals surface area (Å²) in [5, 5.41) is 16.0. The molecule has 0 saturated heterocycles. The van der Waals surface area contributed by atoms with Crippen molar-refractivity contribution in [3.05, 3.63) is 59.8 Å². The third-order valence-electron chi connectivity index (χ3n) is 3.72. The molecule has 3 aromatic rings. The monoisotopic (exact) mass is 282 g/mol. The Hall–Kier alpha value is -2.33. The normalized spacial score (nSPS) is 12.5. The topological polar surface area (TPSA) is 47.3 Å². The first-order chi connectivity index (χ1) is 10.2.